The number of hydrogen-bond acceptors (Lipinski definition) is 4. The molecule has 1 fully saturated rings. The largest absolute Gasteiger partial charge is 0.340 e. The summed E-state index contributed by atoms with van der Waals surface area (Å²) in [5.74, 6) is 1.18. The predicted molar refractivity (Wildman–Crippen MR) is 104 cm³/mol. The normalized spacial score (nSPS) is 15.3. The van der Waals surface area contributed by atoms with E-state index in [1.807, 2.05) is 39.8 Å². The van der Waals surface area contributed by atoms with E-state index in [-0.39, 0.29) is 5.91 Å². The van der Waals surface area contributed by atoms with Crippen molar-refractivity contribution in [2.45, 2.75) is 25.8 Å². The van der Waals surface area contributed by atoms with Gasteiger partial charge in [0.05, 0.1) is 0 Å². The molecule has 0 unspecified atom stereocenters. The number of carbonyl (C=O) groups is 1. The van der Waals surface area contributed by atoms with Gasteiger partial charge in [0, 0.05) is 51.8 Å². The highest BCUT2D eigenvalue weighted by atomic mass is 16.2. The molecule has 1 amide bonds. The van der Waals surface area contributed by atoms with Crippen molar-refractivity contribution in [2.75, 3.05) is 26.2 Å². The summed E-state index contributed by atoms with van der Waals surface area (Å²) in [6, 6.07) is 16.4. The molecule has 27 heavy (non-hydrogen) atoms. The zero-order valence-electron chi connectivity index (χ0n) is 15.5. The van der Waals surface area contributed by atoms with E-state index in [9.17, 15) is 4.79 Å². The molecule has 6 nitrogen and oxygen atoms in total. The number of amides is 1. The van der Waals surface area contributed by atoms with E-state index in [1.165, 1.54) is 5.56 Å². The van der Waals surface area contributed by atoms with Crippen LogP contribution < -0.4 is 0 Å². The molecule has 0 spiro atoms. The second-order valence-electron chi connectivity index (χ2n) is 7.04. The highest BCUT2D eigenvalue weighted by Crippen LogP contribution is 2.11. The summed E-state index contributed by atoms with van der Waals surface area (Å²) in [6.45, 7) is 4.48. The topological polar surface area (TPSA) is 53.7 Å². The van der Waals surface area contributed by atoms with Gasteiger partial charge in [0.1, 0.15) is 5.82 Å². The van der Waals surface area contributed by atoms with E-state index < -0.39 is 0 Å². The summed E-state index contributed by atoms with van der Waals surface area (Å²) in [7, 11) is 0. The molecule has 2 aromatic heterocycles. The maximum Gasteiger partial charge on any atom is 0.222 e. The molecule has 6 heteroatoms. The fraction of sp³-hybridized carbons (Fsp3) is 0.381. The van der Waals surface area contributed by atoms with Crippen molar-refractivity contribution in [2.24, 2.45) is 0 Å². The Morgan fingerprint density at radius 2 is 1.70 bits per heavy atom. The third-order valence-electron chi connectivity index (χ3n) is 5.15. The maximum atomic E-state index is 12.5. The Morgan fingerprint density at radius 3 is 2.52 bits per heavy atom. The molecule has 0 atom stereocenters. The minimum Gasteiger partial charge on any atom is -0.340 e. The number of pyridine rings is 1. The average molecular weight is 363 g/mol. The Labute approximate surface area is 159 Å². The first kappa shape index (κ1) is 17.7. The monoisotopic (exact) mass is 363 g/mol. The van der Waals surface area contributed by atoms with Crippen LogP contribution in [0.5, 0.6) is 0 Å². The summed E-state index contributed by atoms with van der Waals surface area (Å²) in [5, 5.41) is 8.40. The highest BCUT2D eigenvalue weighted by Gasteiger charge is 2.20. The van der Waals surface area contributed by atoms with Crippen molar-refractivity contribution >= 4 is 11.6 Å². The number of aryl methyl sites for hydroxylation is 1. The Morgan fingerprint density at radius 1 is 0.926 bits per heavy atom. The van der Waals surface area contributed by atoms with Crippen molar-refractivity contribution in [1.29, 1.82) is 0 Å². The first-order chi connectivity index (χ1) is 13.3. The van der Waals surface area contributed by atoms with E-state index >= 15 is 0 Å². The number of fused-ring (bicyclic) bond motifs is 1. The third-order valence-corrected chi connectivity index (χ3v) is 5.15. The Bertz CT molecular complexity index is 884. The molecule has 0 N–H and O–H groups in total. The summed E-state index contributed by atoms with van der Waals surface area (Å²) in [4.78, 5) is 16.9. The van der Waals surface area contributed by atoms with Crippen LogP contribution in [0.3, 0.4) is 0 Å². The SMILES string of the molecule is O=C(CCCc1nnc2ccccn12)N1CCN(Cc2ccccc2)CC1. The lowest BCUT2D eigenvalue weighted by molar-refractivity contribution is -0.133. The standard InChI is InChI=1S/C21H25N5O/c27-21(11-6-10-20-23-22-19-9-4-5-12-26(19)20)25-15-13-24(14-16-25)17-18-7-2-1-3-8-18/h1-5,7-9,12H,6,10-11,13-17H2. The van der Waals surface area contributed by atoms with Gasteiger partial charge in [0.25, 0.3) is 0 Å². The molecular formula is C21H25N5O. The number of benzene rings is 1. The first-order valence-electron chi connectivity index (χ1n) is 9.62. The molecule has 0 radical (unpaired) electrons. The molecule has 4 rings (SSSR count). The Hall–Kier alpha value is -2.73. The smallest absolute Gasteiger partial charge is 0.222 e. The van der Waals surface area contributed by atoms with E-state index in [2.05, 4.69) is 39.4 Å². The molecular weight excluding hydrogens is 338 g/mol. The van der Waals surface area contributed by atoms with Crippen LogP contribution in [-0.4, -0.2) is 56.5 Å². The average Bonchev–Trinajstić information content (AvgIpc) is 3.12. The van der Waals surface area contributed by atoms with E-state index in [0.29, 0.717) is 6.42 Å². The molecule has 1 aliphatic rings. The van der Waals surface area contributed by atoms with Gasteiger partial charge in [0.2, 0.25) is 5.91 Å². The summed E-state index contributed by atoms with van der Waals surface area (Å²) in [5.41, 5.74) is 2.19. The predicted octanol–water partition coefficient (Wildman–Crippen LogP) is 2.40. The van der Waals surface area contributed by atoms with Gasteiger partial charge in [-0.05, 0) is 24.1 Å². The summed E-state index contributed by atoms with van der Waals surface area (Å²) in [6.07, 6.45) is 4.11. The minimum absolute atomic E-state index is 0.253. The van der Waals surface area contributed by atoms with Crippen molar-refractivity contribution < 1.29 is 4.79 Å². The number of rotatable bonds is 6. The van der Waals surface area contributed by atoms with E-state index in [1.54, 1.807) is 0 Å². The first-order valence-corrected chi connectivity index (χ1v) is 9.62. The van der Waals surface area contributed by atoms with Crippen LogP contribution in [0.4, 0.5) is 0 Å². The second kappa shape index (κ2) is 8.31. The fourth-order valence-corrected chi connectivity index (χ4v) is 3.61. The van der Waals surface area contributed by atoms with Gasteiger partial charge in [0.15, 0.2) is 5.65 Å². The van der Waals surface area contributed by atoms with Crippen molar-refractivity contribution in [1.82, 2.24) is 24.4 Å². The van der Waals surface area contributed by atoms with Gasteiger partial charge < -0.3 is 4.90 Å². The van der Waals surface area contributed by atoms with Gasteiger partial charge in [-0.1, -0.05) is 36.4 Å². The van der Waals surface area contributed by atoms with Crippen molar-refractivity contribution in [3.05, 3.63) is 66.1 Å². The summed E-state index contributed by atoms with van der Waals surface area (Å²) < 4.78 is 1.99. The molecule has 1 aromatic carbocycles. The quantitative estimate of drug-likeness (QED) is 0.675. The van der Waals surface area contributed by atoms with Gasteiger partial charge in [-0.15, -0.1) is 10.2 Å². The van der Waals surface area contributed by atoms with E-state index in [0.717, 1.165) is 57.0 Å². The van der Waals surface area contributed by atoms with Crippen LogP contribution in [0.25, 0.3) is 5.65 Å². The number of carbonyl (C=O) groups excluding carboxylic acids is 1. The molecule has 0 saturated carbocycles. The zero-order chi connectivity index (χ0) is 18.5. The fourth-order valence-electron chi connectivity index (χ4n) is 3.61. The Balaban J connectivity index is 1.21. The van der Waals surface area contributed by atoms with Crippen LogP contribution in [0.2, 0.25) is 0 Å². The van der Waals surface area contributed by atoms with Crippen LogP contribution >= 0.6 is 0 Å². The second-order valence-corrected chi connectivity index (χ2v) is 7.04. The lowest BCUT2D eigenvalue weighted by Gasteiger charge is -2.34. The number of nitrogens with zero attached hydrogens (tertiary/aromatic N) is 5. The van der Waals surface area contributed by atoms with Crippen molar-refractivity contribution in [3.8, 4) is 0 Å². The molecule has 1 saturated heterocycles. The molecule has 0 aliphatic carbocycles. The third kappa shape index (κ3) is 4.34. The van der Waals surface area contributed by atoms with Crippen LogP contribution in [0, 0.1) is 0 Å². The number of aromatic nitrogens is 3. The molecule has 1 aliphatic heterocycles. The molecule has 3 heterocycles. The maximum absolute atomic E-state index is 12.5. The lowest BCUT2D eigenvalue weighted by Crippen LogP contribution is -2.48. The zero-order valence-corrected chi connectivity index (χ0v) is 15.5. The molecule has 3 aromatic rings. The van der Waals surface area contributed by atoms with Gasteiger partial charge >= 0.3 is 0 Å². The van der Waals surface area contributed by atoms with Crippen molar-refractivity contribution in [3.63, 3.8) is 0 Å². The van der Waals surface area contributed by atoms with Gasteiger partial charge in [-0.25, -0.2) is 0 Å². The lowest BCUT2D eigenvalue weighted by atomic mass is 10.1. The number of piperazine rings is 1. The van der Waals surface area contributed by atoms with Crippen LogP contribution in [-0.2, 0) is 17.8 Å². The number of hydrogen-bond donors (Lipinski definition) is 0. The molecule has 140 valence electrons. The minimum atomic E-state index is 0.253. The van der Waals surface area contributed by atoms with Crippen LogP contribution in [0.15, 0.2) is 54.7 Å². The van der Waals surface area contributed by atoms with Gasteiger partial charge in [-0.2, -0.15) is 0 Å². The van der Waals surface area contributed by atoms with Crippen LogP contribution in [0.1, 0.15) is 24.2 Å². The molecule has 0 bridgehead atoms. The summed E-state index contributed by atoms with van der Waals surface area (Å²) >= 11 is 0. The Kier molecular flexibility index (Phi) is 5.44. The van der Waals surface area contributed by atoms with Gasteiger partial charge in [-0.3, -0.25) is 14.1 Å². The van der Waals surface area contributed by atoms with E-state index in [4.69, 9.17) is 0 Å². The highest BCUT2D eigenvalue weighted by molar-refractivity contribution is 5.76.